The van der Waals surface area contributed by atoms with E-state index in [9.17, 15) is 0 Å². The first kappa shape index (κ1) is 16.3. The highest BCUT2D eigenvalue weighted by Crippen LogP contribution is 2.33. The van der Waals surface area contributed by atoms with Crippen molar-refractivity contribution in [2.24, 2.45) is 5.41 Å². The van der Waals surface area contributed by atoms with Gasteiger partial charge in [0.25, 0.3) is 0 Å². The lowest BCUT2D eigenvalue weighted by molar-refractivity contribution is 0.188. The van der Waals surface area contributed by atoms with Crippen LogP contribution < -0.4 is 10.1 Å². The van der Waals surface area contributed by atoms with Crippen molar-refractivity contribution in [2.45, 2.75) is 46.2 Å². The van der Waals surface area contributed by atoms with Gasteiger partial charge < -0.3 is 10.1 Å². The van der Waals surface area contributed by atoms with Crippen LogP contribution in [0.2, 0.25) is 0 Å². The summed E-state index contributed by atoms with van der Waals surface area (Å²) in [7, 11) is 1.71. The van der Waals surface area contributed by atoms with E-state index < -0.39 is 0 Å². The summed E-state index contributed by atoms with van der Waals surface area (Å²) in [5.41, 5.74) is 1.79. The Morgan fingerprint density at radius 3 is 2.43 bits per heavy atom. The van der Waals surface area contributed by atoms with Crippen LogP contribution in [0.4, 0.5) is 0 Å². The third-order valence-electron chi connectivity index (χ3n) is 4.66. The highest BCUT2D eigenvalue weighted by molar-refractivity contribution is 5.30. The normalized spacial score (nSPS) is 21.2. The Kier molecular flexibility index (Phi) is 5.28. The maximum atomic E-state index is 5.27. The zero-order chi connectivity index (χ0) is 15.5. The lowest BCUT2D eigenvalue weighted by Gasteiger charge is -2.33. The smallest absolute Gasteiger partial charge is 0.118 e. The molecule has 0 radical (unpaired) electrons. The van der Waals surface area contributed by atoms with Gasteiger partial charge in [0.15, 0.2) is 0 Å². The zero-order valence-electron chi connectivity index (χ0n) is 14.1. The van der Waals surface area contributed by atoms with Crippen LogP contribution in [0.25, 0.3) is 0 Å². The predicted molar refractivity (Wildman–Crippen MR) is 88.8 cm³/mol. The quantitative estimate of drug-likeness (QED) is 0.868. The fourth-order valence-corrected chi connectivity index (χ4v) is 3.31. The van der Waals surface area contributed by atoms with Gasteiger partial charge in [0.2, 0.25) is 0 Å². The minimum Gasteiger partial charge on any atom is -0.497 e. The Bertz CT molecular complexity index is 441. The highest BCUT2D eigenvalue weighted by atomic mass is 16.5. The van der Waals surface area contributed by atoms with Crippen LogP contribution in [0.5, 0.6) is 5.75 Å². The van der Waals surface area contributed by atoms with Gasteiger partial charge in [-0.1, -0.05) is 32.9 Å². The van der Waals surface area contributed by atoms with Crippen molar-refractivity contribution in [3.8, 4) is 5.75 Å². The number of nitrogens with zero attached hydrogens (tertiary/aromatic N) is 1. The van der Waals surface area contributed by atoms with E-state index in [0.717, 1.165) is 12.3 Å². The molecule has 1 aromatic rings. The van der Waals surface area contributed by atoms with Crippen molar-refractivity contribution in [1.82, 2.24) is 10.2 Å². The number of methoxy groups -OCH3 is 1. The fraction of sp³-hybridized carbons (Fsp3) is 0.667. The number of rotatable bonds is 6. The molecule has 118 valence electrons. The first-order chi connectivity index (χ1) is 9.96. The molecule has 1 saturated heterocycles. The van der Waals surface area contributed by atoms with Crippen LogP contribution in [0.1, 0.15) is 45.7 Å². The highest BCUT2D eigenvalue weighted by Gasteiger charge is 2.34. The van der Waals surface area contributed by atoms with Crippen LogP contribution in [-0.4, -0.2) is 37.7 Å². The molecule has 1 aliphatic heterocycles. The van der Waals surface area contributed by atoms with Crippen molar-refractivity contribution >= 4 is 0 Å². The maximum Gasteiger partial charge on any atom is 0.118 e. The van der Waals surface area contributed by atoms with E-state index in [0.29, 0.717) is 17.5 Å². The molecule has 3 heteroatoms. The van der Waals surface area contributed by atoms with E-state index >= 15 is 0 Å². The van der Waals surface area contributed by atoms with Gasteiger partial charge in [0.05, 0.1) is 7.11 Å². The van der Waals surface area contributed by atoms with E-state index in [4.69, 9.17) is 4.74 Å². The number of nitrogens with one attached hydrogen (secondary N) is 1. The summed E-state index contributed by atoms with van der Waals surface area (Å²) >= 11 is 0. The van der Waals surface area contributed by atoms with Crippen molar-refractivity contribution in [1.29, 1.82) is 0 Å². The summed E-state index contributed by atoms with van der Waals surface area (Å²) in [4.78, 5) is 2.62. The second-order valence-electron chi connectivity index (χ2n) is 6.93. The van der Waals surface area contributed by atoms with Crippen LogP contribution in [0, 0.1) is 5.41 Å². The van der Waals surface area contributed by atoms with E-state index in [1.165, 1.54) is 25.1 Å². The molecule has 3 nitrogen and oxygen atoms in total. The summed E-state index contributed by atoms with van der Waals surface area (Å²) in [5, 5.41) is 3.66. The van der Waals surface area contributed by atoms with Crippen molar-refractivity contribution in [3.63, 3.8) is 0 Å². The molecule has 2 rings (SSSR count). The lowest BCUT2D eigenvalue weighted by atomic mass is 9.93. The van der Waals surface area contributed by atoms with Crippen LogP contribution in [0.3, 0.4) is 0 Å². The molecule has 0 bridgehead atoms. The van der Waals surface area contributed by atoms with Crippen LogP contribution >= 0.6 is 0 Å². The number of benzene rings is 1. The van der Waals surface area contributed by atoms with E-state index in [-0.39, 0.29) is 0 Å². The van der Waals surface area contributed by atoms with Crippen molar-refractivity contribution in [3.05, 3.63) is 29.8 Å². The minimum absolute atomic E-state index is 0.370. The summed E-state index contributed by atoms with van der Waals surface area (Å²) < 4.78 is 5.27. The van der Waals surface area contributed by atoms with E-state index in [1.807, 2.05) is 0 Å². The van der Waals surface area contributed by atoms with Gasteiger partial charge in [-0.25, -0.2) is 0 Å². The summed E-state index contributed by atoms with van der Waals surface area (Å²) in [6.45, 7) is 12.6. The largest absolute Gasteiger partial charge is 0.497 e. The molecule has 1 aliphatic rings. The molecular weight excluding hydrogens is 260 g/mol. The Morgan fingerprint density at radius 2 is 1.95 bits per heavy atom. The van der Waals surface area contributed by atoms with E-state index in [2.05, 4.69) is 62.2 Å². The first-order valence-electron chi connectivity index (χ1n) is 8.08. The van der Waals surface area contributed by atoms with Gasteiger partial charge in [-0.15, -0.1) is 0 Å². The average molecular weight is 290 g/mol. The molecule has 0 aromatic heterocycles. The number of likely N-dealkylation sites (N-methyl/N-ethyl adjacent to an activating group) is 1. The topological polar surface area (TPSA) is 24.5 Å². The maximum absolute atomic E-state index is 5.27. The van der Waals surface area contributed by atoms with Gasteiger partial charge in [-0.3, -0.25) is 4.90 Å². The monoisotopic (exact) mass is 290 g/mol. The Labute approximate surface area is 129 Å². The summed E-state index contributed by atoms with van der Waals surface area (Å²) in [6.07, 6.45) is 1.29. The Balaban J connectivity index is 2.13. The van der Waals surface area contributed by atoms with Gasteiger partial charge in [-0.05, 0) is 49.5 Å². The molecule has 0 aliphatic carbocycles. The Hall–Kier alpha value is -1.06. The molecule has 0 spiro atoms. The molecule has 1 N–H and O–H groups in total. The molecular formula is C18H30N2O. The predicted octanol–water partition coefficient (Wildman–Crippen LogP) is 3.47. The third-order valence-corrected chi connectivity index (χ3v) is 4.66. The average Bonchev–Trinajstić information content (AvgIpc) is 2.84. The second-order valence-corrected chi connectivity index (χ2v) is 6.93. The van der Waals surface area contributed by atoms with Gasteiger partial charge in [0, 0.05) is 18.6 Å². The standard InChI is InChI=1S/C18H30N2O/c1-6-19-17(15-7-9-16(21-5)10-8-15)14(2)20-12-11-18(3,4)13-20/h7-10,14,17,19H,6,11-13H2,1-5H3. The van der Waals surface area contributed by atoms with Gasteiger partial charge >= 0.3 is 0 Å². The molecule has 21 heavy (non-hydrogen) atoms. The fourth-order valence-electron chi connectivity index (χ4n) is 3.31. The Morgan fingerprint density at radius 1 is 1.29 bits per heavy atom. The van der Waals surface area contributed by atoms with Crippen molar-refractivity contribution in [2.75, 3.05) is 26.7 Å². The number of likely N-dealkylation sites (tertiary alicyclic amines) is 1. The number of hydrogen-bond donors (Lipinski definition) is 1. The molecule has 2 atom stereocenters. The SMILES string of the molecule is CCNC(c1ccc(OC)cc1)C(C)N1CCC(C)(C)C1. The molecule has 2 unspecified atom stereocenters. The third kappa shape index (κ3) is 3.98. The summed E-state index contributed by atoms with van der Waals surface area (Å²) in [6, 6.07) is 9.35. The molecule has 1 aromatic carbocycles. The molecule has 0 saturated carbocycles. The summed E-state index contributed by atoms with van der Waals surface area (Å²) in [5.74, 6) is 0.920. The number of ether oxygens (including phenoxy) is 1. The van der Waals surface area contributed by atoms with Crippen molar-refractivity contribution < 1.29 is 4.74 Å². The van der Waals surface area contributed by atoms with Gasteiger partial charge in [0.1, 0.15) is 5.75 Å². The minimum atomic E-state index is 0.370. The second kappa shape index (κ2) is 6.80. The molecule has 1 heterocycles. The van der Waals surface area contributed by atoms with E-state index in [1.54, 1.807) is 7.11 Å². The zero-order valence-corrected chi connectivity index (χ0v) is 14.1. The molecule has 1 fully saturated rings. The number of hydrogen-bond acceptors (Lipinski definition) is 3. The van der Waals surface area contributed by atoms with Crippen LogP contribution in [-0.2, 0) is 0 Å². The molecule has 0 amide bonds. The first-order valence-corrected chi connectivity index (χ1v) is 8.08. The lowest BCUT2D eigenvalue weighted by Crippen LogP contribution is -2.42. The van der Waals surface area contributed by atoms with Crippen LogP contribution in [0.15, 0.2) is 24.3 Å². The van der Waals surface area contributed by atoms with Gasteiger partial charge in [-0.2, -0.15) is 0 Å².